The van der Waals surface area contributed by atoms with E-state index >= 15 is 0 Å². The van der Waals surface area contributed by atoms with Crippen LogP contribution in [-0.2, 0) is 16.0 Å². The molecule has 0 aliphatic rings. The molecule has 0 spiro atoms. The number of tetrazole rings is 1. The van der Waals surface area contributed by atoms with Gasteiger partial charge in [-0.2, -0.15) is 0 Å². The molecule has 2 aromatic rings. The van der Waals surface area contributed by atoms with E-state index in [-0.39, 0.29) is 29.7 Å². The number of benzene rings is 1. The molecule has 0 fully saturated rings. The lowest BCUT2D eigenvalue weighted by molar-refractivity contribution is 0.0163. The van der Waals surface area contributed by atoms with Crippen molar-refractivity contribution in [2.24, 2.45) is 0 Å². The highest BCUT2D eigenvalue weighted by Crippen LogP contribution is 2.26. The topological polar surface area (TPSA) is 88.1 Å². The molecule has 21 heavy (non-hydrogen) atoms. The van der Waals surface area contributed by atoms with Crippen LogP contribution in [0.25, 0.3) is 11.4 Å². The van der Waals surface area contributed by atoms with Crippen molar-refractivity contribution in [3.63, 3.8) is 0 Å². The van der Waals surface area contributed by atoms with E-state index < -0.39 is 11.6 Å². The minimum atomic E-state index is -1.02. The monoisotopic (exact) mass is 299 g/mol. The minimum Gasteiger partial charge on any atom is -0.398 e. The predicted molar refractivity (Wildman–Crippen MR) is 70.3 cm³/mol. The molecule has 7 nitrogen and oxygen atoms in total. The van der Waals surface area contributed by atoms with Crippen LogP contribution in [0, 0.1) is 11.6 Å². The molecule has 9 heteroatoms. The average molecular weight is 299 g/mol. The summed E-state index contributed by atoms with van der Waals surface area (Å²) < 4.78 is 38.1. The van der Waals surface area contributed by atoms with Crippen molar-refractivity contribution in [1.29, 1.82) is 0 Å². The summed E-state index contributed by atoms with van der Waals surface area (Å²) in [4.78, 5) is 0. The molecule has 0 amide bonds. The largest absolute Gasteiger partial charge is 0.398 e. The van der Waals surface area contributed by atoms with Crippen molar-refractivity contribution in [3.05, 3.63) is 23.8 Å². The molecule has 1 aromatic carbocycles. The molecule has 114 valence electrons. The third-order valence-electron chi connectivity index (χ3n) is 2.93. The van der Waals surface area contributed by atoms with Gasteiger partial charge in [0.15, 0.2) is 17.5 Å². The van der Waals surface area contributed by atoms with Gasteiger partial charge in [0.1, 0.15) is 6.10 Å². The van der Waals surface area contributed by atoms with Gasteiger partial charge in [-0.3, -0.25) is 0 Å². The number of nitrogens with zero attached hydrogens (tertiary/aromatic N) is 4. The second kappa shape index (κ2) is 6.55. The first-order valence-corrected chi connectivity index (χ1v) is 6.09. The zero-order valence-corrected chi connectivity index (χ0v) is 11.6. The van der Waals surface area contributed by atoms with Crippen molar-refractivity contribution >= 4 is 5.69 Å². The van der Waals surface area contributed by atoms with Gasteiger partial charge in [0, 0.05) is 31.5 Å². The number of hydrogen-bond acceptors (Lipinski definition) is 6. The second-order valence-corrected chi connectivity index (χ2v) is 4.35. The number of ether oxygens (including phenoxy) is 2. The van der Waals surface area contributed by atoms with Crippen LogP contribution in [0.1, 0.15) is 0 Å². The highest BCUT2D eigenvalue weighted by atomic mass is 19.2. The van der Waals surface area contributed by atoms with E-state index in [0.717, 1.165) is 12.1 Å². The standard InChI is InChI=1S/C12H15F2N5O2/c1-20-6-7(21-2)5-19-12(16-17-18-19)8-3-9(13)10(14)4-11(8)15/h3-4,7H,5-6,15H2,1-2H3. The van der Waals surface area contributed by atoms with Crippen LogP contribution in [0.4, 0.5) is 14.5 Å². The van der Waals surface area contributed by atoms with Gasteiger partial charge >= 0.3 is 0 Å². The summed E-state index contributed by atoms with van der Waals surface area (Å²) >= 11 is 0. The zero-order chi connectivity index (χ0) is 15.4. The molecular formula is C12H15F2N5O2. The Labute approximate surface area is 119 Å². The molecule has 1 heterocycles. The van der Waals surface area contributed by atoms with E-state index in [4.69, 9.17) is 15.2 Å². The average Bonchev–Trinajstić information content (AvgIpc) is 2.90. The van der Waals surface area contributed by atoms with E-state index in [1.165, 1.54) is 11.8 Å². The van der Waals surface area contributed by atoms with E-state index in [9.17, 15) is 8.78 Å². The van der Waals surface area contributed by atoms with Gasteiger partial charge in [-0.05, 0) is 16.5 Å². The SMILES string of the molecule is COCC(Cn1nnnc1-c1cc(F)c(F)cc1N)OC. The molecule has 1 aromatic heterocycles. The summed E-state index contributed by atoms with van der Waals surface area (Å²) in [7, 11) is 3.07. The Balaban J connectivity index is 2.34. The third kappa shape index (κ3) is 3.31. The van der Waals surface area contributed by atoms with E-state index in [0.29, 0.717) is 6.61 Å². The molecule has 0 saturated heterocycles. The first-order valence-electron chi connectivity index (χ1n) is 6.09. The number of aromatic nitrogens is 4. The number of nitrogens with two attached hydrogens (primary N) is 1. The molecule has 2 rings (SSSR count). The normalized spacial score (nSPS) is 12.6. The van der Waals surface area contributed by atoms with Crippen LogP contribution in [0.5, 0.6) is 0 Å². The van der Waals surface area contributed by atoms with Gasteiger partial charge in [0.05, 0.1) is 13.2 Å². The highest BCUT2D eigenvalue weighted by Gasteiger charge is 2.18. The van der Waals surface area contributed by atoms with Gasteiger partial charge in [-0.1, -0.05) is 0 Å². The Morgan fingerprint density at radius 3 is 2.67 bits per heavy atom. The molecule has 0 bridgehead atoms. The van der Waals surface area contributed by atoms with Gasteiger partial charge in [-0.15, -0.1) is 5.10 Å². The van der Waals surface area contributed by atoms with Gasteiger partial charge in [0.2, 0.25) is 0 Å². The maximum Gasteiger partial charge on any atom is 0.184 e. The van der Waals surface area contributed by atoms with Crippen molar-refractivity contribution in [3.8, 4) is 11.4 Å². The number of rotatable bonds is 6. The molecule has 0 aliphatic carbocycles. The lowest BCUT2D eigenvalue weighted by Gasteiger charge is -2.15. The van der Waals surface area contributed by atoms with Crippen LogP contribution in [0.15, 0.2) is 12.1 Å². The van der Waals surface area contributed by atoms with Gasteiger partial charge < -0.3 is 15.2 Å². The van der Waals surface area contributed by atoms with Gasteiger partial charge in [0.25, 0.3) is 0 Å². The number of halogens is 2. The Hall–Kier alpha value is -2.13. The maximum absolute atomic E-state index is 13.4. The number of anilines is 1. The summed E-state index contributed by atoms with van der Waals surface area (Å²) in [5, 5.41) is 11.1. The molecule has 1 atom stereocenters. The van der Waals surface area contributed by atoms with Gasteiger partial charge in [-0.25, -0.2) is 13.5 Å². The summed E-state index contributed by atoms with van der Waals surface area (Å²) in [6, 6.07) is 1.86. The van der Waals surface area contributed by atoms with E-state index in [1.54, 1.807) is 7.11 Å². The number of hydrogen-bond donors (Lipinski definition) is 1. The summed E-state index contributed by atoms with van der Waals surface area (Å²) in [5.41, 5.74) is 5.96. The van der Waals surface area contributed by atoms with Crippen molar-refractivity contribution < 1.29 is 18.3 Å². The van der Waals surface area contributed by atoms with Crippen LogP contribution in [-0.4, -0.2) is 47.1 Å². The Kier molecular flexibility index (Phi) is 4.76. The van der Waals surface area contributed by atoms with Crippen LogP contribution >= 0.6 is 0 Å². The molecular weight excluding hydrogens is 284 g/mol. The molecule has 2 N–H and O–H groups in total. The van der Waals surface area contributed by atoms with E-state index in [1.807, 2.05) is 0 Å². The quantitative estimate of drug-likeness (QED) is 0.796. The Morgan fingerprint density at radius 2 is 2.00 bits per heavy atom. The lowest BCUT2D eigenvalue weighted by Crippen LogP contribution is -2.25. The maximum atomic E-state index is 13.4. The minimum absolute atomic E-state index is 0.0469. The highest BCUT2D eigenvalue weighted by molar-refractivity contribution is 5.71. The first kappa shape index (κ1) is 15.3. The molecule has 0 aliphatic heterocycles. The van der Waals surface area contributed by atoms with Crippen LogP contribution < -0.4 is 5.73 Å². The Bertz CT molecular complexity index is 620. The fourth-order valence-electron chi connectivity index (χ4n) is 1.85. The number of methoxy groups -OCH3 is 2. The smallest absolute Gasteiger partial charge is 0.184 e. The van der Waals surface area contributed by atoms with Crippen molar-refractivity contribution in [2.45, 2.75) is 12.6 Å². The second-order valence-electron chi connectivity index (χ2n) is 4.35. The number of nitrogen functional groups attached to an aromatic ring is 1. The third-order valence-corrected chi connectivity index (χ3v) is 2.93. The Morgan fingerprint density at radius 1 is 1.29 bits per heavy atom. The zero-order valence-electron chi connectivity index (χ0n) is 11.6. The molecule has 0 radical (unpaired) electrons. The fourth-order valence-corrected chi connectivity index (χ4v) is 1.85. The van der Waals surface area contributed by atoms with Crippen LogP contribution in [0.3, 0.4) is 0 Å². The van der Waals surface area contributed by atoms with Crippen molar-refractivity contribution in [1.82, 2.24) is 20.2 Å². The van der Waals surface area contributed by atoms with Crippen molar-refractivity contribution in [2.75, 3.05) is 26.6 Å². The first-order chi connectivity index (χ1) is 10.1. The summed E-state index contributed by atoms with van der Waals surface area (Å²) in [6.07, 6.45) is -0.288. The predicted octanol–water partition coefficient (Wildman–Crippen LogP) is 0.862. The summed E-state index contributed by atoms with van der Waals surface area (Å²) in [5.74, 6) is -1.82. The molecule has 0 saturated carbocycles. The lowest BCUT2D eigenvalue weighted by atomic mass is 10.1. The summed E-state index contributed by atoms with van der Waals surface area (Å²) in [6.45, 7) is 0.619. The molecule has 1 unspecified atom stereocenters. The fraction of sp³-hybridized carbons (Fsp3) is 0.417. The van der Waals surface area contributed by atoms with Crippen LogP contribution in [0.2, 0.25) is 0 Å². The van der Waals surface area contributed by atoms with E-state index in [2.05, 4.69) is 15.5 Å².